The lowest BCUT2D eigenvalue weighted by atomic mass is 9.98. The van der Waals surface area contributed by atoms with E-state index in [1.54, 1.807) is 0 Å². The predicted octanol–water partition coefficient (Wildman–Crippen LogP) is 1.30. The van der Waals surface area contributed by atoms with Gasteiger partial charge in [-0.05, 0) is 33.1 Å². The number of aliphatic hydroxyl groups is 1. The third-order valence-electron chi connectivity index (χ3n) is 2.88. The van der Waals surface area contributed by atoms with E-state index < -0.39 is 0 Å². The van der Waals surface area contributed by atoms with Crippen LogP contribution < -0.4 is 5.32 Å². The van der Waals surface area contributed by atoms with Gasteiger partial charge in [-0.1, -0.05) is 6.92 Å². The Kier molecular flexibility index (Phi) is 4.85. The van der Waals surface area contributed by atoms with E-state index in [2.05, 4.69) is 26.1 Å². The van der Waals surface area contributed by atoms with Crippen molar-refractivity contribution in [2.24, 2.45) is 0 Å². The molecule has 0 aromatic heterocycles. The molecule has 1 fully saturated rings. The molecule has 0 amide bonds. The van der Waals surface area contributed by atoms with Crippen molar-refractivity contribution in [1.29, 1.82) is 0 Å². The summed E-state index contributed by atoms with van der Waals surface area (Å²) in [5.41, 5.74) is 0. The molecule has 3 nitrogen and oxygen atoms in total. The molecule has 1 aliphatic rings. The fourth-order valence-electron chi connectivity index (χ4n) is 2.17. The van der Waals surface area contributed by atoms with Gasteiger partial charge in [0.25, 0.3) is 0 Å². The van der Waals surface area contributed by atoms with Gasteiger partial charge in [0, 0.05) is 12.1 Å². The second-order valence-corrected chi connectivity index (χ2v) is 4.38. The molecule has 1 heterocycles. The van der Waals surface area contributed by atoms with Crippen molar-refractivity contribution >= 4 is 0 Å². The van der Waals surface area contributed by atoms with Crippen LogP contribution in [0.2, 0.25) is 0 Å². The third-order valence-corrected chi connectivity index (χ3v) is 2.88. The number of hydrogen-bond acceptors (Lipinski definition) is 3. The Labute approximate surface area is 86.8 Å². The summed E-state index contributed by atoms with van der Waals surface area (Å²) in [6, 6.07) is 0.753. The van der Waals surface area contributed by atoms with E-state index in [-0.39, 0.29) is 12.6 Å². The van der Waals surface area contributed by atoms with Gasteiger partial charge in [0.05, 0.1) is 18.8 Å². The molecule has 0 saturated carbocycles. The van der Waals surface area contributed by atoms with E-state index in [0.717, 1.165) is 19.3 Å². The van der Waals surface area contributed by atoms with Gasteiger partial charge in [-0.25, -0.2) is 0 Å². The van der Waals surface area contributed by atoms with E-state index in [1.807, 2.05) is 0 Å². The van der Waals surface area contributed by atoms with Crippen LogP contribution in [0.25, 0.3) is 0 Å². The van der Waals surface area contributed by atoms with Gasteiger partial charge in [-0.3, -0.25) is 0 Å². The third kappa shape index (κ3) is 3.56. The topological polar surface area (TPSA) is 41.5 Å². The maximum Gasteiger partial charge on any atom is 0.0584 e. The molecule has 84 valence electrons. The van der Waals surface area contributed by atoms with E-state index in [4.69, 9.17) is 9.84 Å². The van der Waals surface area contributed by atoms with Gasteiger partial charge in [0.1, 0.15) is 0 Å². The Balaban J connectivity index is 2.35. The summed E-state index contributed by atoms with van der Waals surface area (Å²) in [4.78, 5) is 0. The molecular formula is C11H23NO2. The highest BCUT2D eigenvalue weighted by Gasteiger charge is 2.25. The van der Waals surface area contributed by atoms with E-state index in [0.29, 0.717) is 18.2 Å². The molecule has 3 heteroatoms. The van der Waals surface area contributed by atoms with Crippen LogP contribution in [-0.4, -0.2) is 36.0 Å². The summed E-state index contributed by atoms with van der Waals surface area (Å²) in [6.45, 7) is 6.56. The van der Waals surface area contributed by atoms with Gasteiger partial charge in [0.15, 0.2) is 0 Å². The average molecular weight is 201 g/mol. The van der Waals surface area contributed by atoms with Crippen LogP contribution >= 0.6 is 0 Å². The number of nitrogens with one attached hydrogen (secondary N) is 1. The van der Waals surface area contributed by atoms with Gasteiger partial charge < -0.3 is 15.2 Å². The molecule has 0 spiro atoms. The van der Waals surface area contributed by atoms with Crippen LogP contribution in [0, 0.1) is 0 Å². The summed E-state index contributed by atoms with van der Waals surface area (Å²) < 4.78 is 5.66. The second kappa shape index (κ2) is 5.69. The first-order valence-corrected chi connectivity index (χ1v) is 5.68. The molecule has 14 heavy (non-hydrogen) atoms. The minimum atomic E-state index is 0.233. The Hall–Kier alpha value is -0.120. The van der Waals surface area contributed by atoms with Crippen LogP contribution in [0.3, 0.4) is 0 Å². The summed E-state index contributed by atoms with van der Waals surface area (Å²) in [5, 5.41) is 12.6. The minimum Gasteiger partial charge on any atom is -0.395 e. The molecule has 0 bridgehead atoms. The van der Waals surface area contributed by atoms with Gasteiger partial charge in [-0.2, -0.15) is 0 Å². The molecule has 0 unspecified atom stereocenters. The monoisotopic (exact) mass is 201 g/mol. The second-order valence-electron chi connectivity index (χ2n) is 4.38. The molecule has 3 atom stereocenters. The molecule has 0 aromatic carbocycles. The van der Waals surface area contributed by atoms with Crippen molar-refractivity contribution in [3.63, 3.8) is 0 Å². The Morgan fingerprint density at radius 1 is 1.36 bits per heavy atom. The molecule has 0 aliphatic carbocycles. The average Bonchev–Trinajstić information content (AvgIpc) is 2.12. The summed E-state index contributed by atoms with van der Waals surface area (Å²) >= 11 is 0. The SMILES string of the molecule is CC[C@H](CO)NC1C[C@@H](C)O[C@H](C)C1. The lowest BCUT2D eigenvalue weighted by Crippen LogP contribution is -2.46. The molecule has 2 N–H and O–H groups in total. The highest BCUT2D eigenvalue weighted by molar-refractivity contribution is 4.81. The lowest BCUT2D eigenvalue weighted by Gasteiger charge is -2.34. The highest BCUT2D eigenvalue weighted by Crippen LogP contribution is 2.19. The van der Waals surface area contributed by atoms with Crippen LogP contribution in [0.1, 0.15) is 40.0 Å². The van der Waals surface area contributed by atoms with Crippen LogP contribution in [0.15, 0.2) is 0 Å². The van der Waals surface area contributed by atoms with Gasteiger partial charge in [0.2, 0.25) is 0 Å². The van der Waals surface area contributed by atoms with Crippen molar-refractivity contribution in [1.82, 2.24) is 5.32 Å². The summed E-state index contributed by atoms with van der Waals surface area (Å²) in [6.07, 6.45) is 3.78. The molecule has 0 radical (unpaired) electrons. The minimum absolute atomic E-state index is 0.233. The summed E-state index contributed by atoms with van der Waals surface area (Å²) in [5.74, 6) is 0. The first kappa shape index (κ1) is 12.0. The van der Waals surface area contributed by atoms with E-state index in [9.17, 15) is 0 Å². The number of ether oxygens (including phenoxy) is 1. The lowest BCUT2D eigenvalue weighted by molar-refractivity contribution is -0.0445. The van der Waals surface area contributed by atoms with Gasteiger partial charge in [-0.15, -0.1) is 0 Å². The highest BCUT2D eigenvalue weighted by atomic mass is 16.5. The van der Waals surface area contributed by atoms with Crippen LogP contribution in [-0.2, 0) is 4.74 Å². The maximum atomic E-state index is 9.09. The normalized spacial score (nSPS) is 35.6. The Morgan fingerprint density at radius 3 is 2.36 bits per heavy atom. The molecule has 0 aromatic rings. The number of aliphatic hydroxyl groups excluding tert-OH is 1. The number of hydrogen-bond donors (Lipinski definition) is 2. The first-order chi connectivity index (χ1) is 6.65. The van der Waals surface area contributed by atoms with Crippen LogP contribution in [0.5, 0.6) is 0 Å². The Bertz CT molecular complexity index is 149. The van der Waals surface area contributed by atoms with E-state index in [1.165, 1.54) is 0 Å². The first-order valence-electron chi connectivity index (χ1n) is 5.68. The largest absolute Gasteiger partial charge is 0.395 e. The van der Waals surface area contributed by atoms with Crippen molar-refractivity contribution in [2.75, 3.05) is 6.61 Å². The van der Waals surface area contributed by atoms with Crippen molar-refractivity contribution in [2.45, 2.75) is 64.3 Å². The molecular weight excluding hydrogens is 178 g/mol. The van der Waals surface area contributed by atoms with Crippen molar-refractivity contribution < 1.29 is 9.84 Å². The zero-order chi connectivity index (χ0) is 10.6. The number of rotatable bonds is 4. The van der Waals surface area contributed by atoms with Crippen LogP contribution in [0.4, 0.5) is 0 Å². The smallest absolute Gasteiger partial charge is 0.0584 e. The Morgan fingerprint density at radius 2 is 1.93 bits per heavy atom. The zero-order valence-electron chi connectivity index (χ0n) is 9.49. The standard InChI is InChI=1S/C11H23NO2/c1-4-10(7-13)12-11-5-8(2)14-9(3)6-11/h8-13H,4-7H2,1-3H3/t8-,9-,10-/m1/s1. The molecule has 1 aliphatic heterocycles. The quantitative estimate of drug-likeness (QED) is 0.720. The van der Waals surface area contributed by atoms with Crippen molar-refractivity contribution in [3.05, 3.63) is 0 Å². The fourth-order valence-corrected chi connectivity index (χ4v) is 2.17. The van der Waals surface area contributed by atoms with Crippen molar-refractivity contribution in [3.8, 4) is 0 Å². The zero-order valence-corrected chi connectivity index (χ0v) is 9.49. The summed E-state index contributed by atoms with van der Waals surface area (Å²) in [7, 11) is 0. The van der Waals surface area contributed by atoms with Gasteiger partial charge >= 0.3 is 0 Å². The fraction of sp³-hybridized carbons (Fsp3) is 1.00. The predicted molar refractivity (Wildman–Crippen MR) is 57.3 cm³/mol. The maximum absolute atomic E-state index is 9.09. The molecule has 1 rings (SSSR count). The molecule has 1 saturated heterocycles. The van der Waals surface area contributed by atoms with E-state index >= 15 is 0 Å².